The number of hydrogen-bond acceptors (Lipinski definition) is 6. The maximum atomic E-state index is 11.3. The first-order valence-corrected chi connectivity index (χ1v) is 10.8. The summed E-state index contributed by atoms with van der Waals surface area (Å²) in [5.41, 5.74) is 3.00. The van der Waals surface area contributed by atoms with Gasteiger partial charge in [-0.1, -0.05) is 49.9 Å². The predicted molar refractivity (Wildman–Crippen MR) is 118 cm³/mol. The summed E-state index contributed by atoms with van der Waals surface area (Å²) in [7, 11) is 0. The van der Waals surface area contributed by atoms with Gasteiger partial charge in [0.25, 0.3) is 0 Å². The molecule has 1 atom stereocenters. The normalized spacial score (nSPS) is 12.2. The molecule has 3 aromatic rings. The average molecular weight is 427 g/mol. The van der Waals surface area contributed by atoms with Crippen molar-refractivity contribution in [1.82, 2.24) is 14.8 Å². The third kappa shape index (κ3) is 5.18. The summed E-state index contributed by atoms with van der Waals surface area (Å²) < 4.78 is 7.42. The van der Waals surface area contributed by atoms with Crippen LogP contribution in [-0.4, -0.2) is 32.8 Å². The summed E-state index contributed by atoms with van der Waals surface area (Å²) in [4.78, 5) is 11.1. The summed E-state index contributed by atoms with van der Waals surface area (Å²) in [5.74, 6) is 1.92. The third-order valence-corrected chi connectivity index (χ3v) is 5.92. The number of benzene rings is 2. The fraction of sp³-hybridized carbons (Fsp3) is 0.364. The van der Waals surface area contributed by atoms with Crippen molar-refractivity contribution in [3.63, 3.8) is 0 Å². The topological polar surface area (TPSA) is 83.1 Å². The zero-order chi connectivity index (χ0) is 21.7. The lowest BCUT2D eigenvalue weighted by molar-refractivity contribution is -0.479. The van der Waals surface area contributed by atoms with Crippen molar-refractivity contribution >= 4 is 11.8 Å². The largest absolute Gasteiger partial charge is 0.494 e. The van der Waals surface area contributed by atoms with Crippen LogP contribution in [0.5, 0.6) is 5.75 Å². The molecule has 3 rings (SSSR count). The summed E-state index contributed by atoms with van der Waals surface area (Å²) in [6, 6.07) is 15.7. The van der Waals surface area contributed by atoms with E-state index in [1.54, 1.807) is 0 Å². The molecule has 0 N–H and O–H groups in total. The number of ether oxygens (including phenoxy) is 1. The molecule has 1 heterocycles. The number of aromatic nitrogens is 3. The first-order chi connectivity index (χ1) is 14.4. The third-order valence-electron chi connectivity index (χ3n) is 4.74. The van der Waals surface area contributed by atoms with Crippen LogP contribution >= 0.6 is 11.8 Å². The minimum Gasteiger partial charge on any atom is -0.494 e. The van der Waals surface area contributed by atoms with Gasteiger partial charge in [-0.2, -0.15) is 0 Å². The van der Waals surface area contributed by atoms with Crippen molar-refractivity contribution in [2.45, 2.75) is 44.0 Å². The quantitative estimate of drug-likeness (QED) is 0.265. The van der Waals surface area contributed by atoms with Crippen molar-refractivity contribution in [3.05, 3.63) is 75.6 Å². The molecule has 0 radical (unpaired) electrons. The molecule has 8 heteroatoms. The van der Waals surface area contributed by atoms with Crippen molar-refractivity contribution in [2.24, 2.45) is 0 Å². The van der Waals surface area contributed by atoms with Crippen molar-refractivity contribution in [1.29, 1.82) is 0 Å². The van der Waals surface area contributed by atoms with Gasteiger partial charge in [0, 0.05) is 10.6 Å². The standard InChI is InChI=1S/C22H26N4O3S/c1-5-29-20-12-10-19(11-13-20)26-16(4)23-24-22(26)30-21(14-25(27)28)18-8-6-17(7-9-18)15(2)3/h6-13,15,21H,5,14H2,1-4H3/t21-/m1/s1. The Morgan fingerprint density at radius 1 is 1.07 bits per heavy atom. The van der Waals surface area contributed by atoms with Gasteiger partial charge in [-0.05, 0) is 55.2 Å². The van der Waals surface area contributed by atoms with Crippen molar-refractivity contribution in [3.8, 4) is 11.4 Å². The van der Waals surface area contributed by atoms with Crippen LogP contribution in [0, 0.1) is 17.0 Å². The van der Waals surface area contributed by atoms with Crippen LogP contribution in [0.1, 0.15) is 48.9 Å². The van der Waals surface area contributed by atoms with Gasteiger partial charge >= 0.3 is 0 Å². The van der Waals surface area contributed by atoms with E-state index in [4.69, 9.17) is 4.74 Å². The highest BCUT2D eigenvalue weighted by Crippen LogP contribution is 2.36. The zero-order valence-corrected chi connectivity index (χ0v) is 18.4. The van der Waals surface area contributed by atoms with Crippen LogP contribution < -0.4 is 4.74 Å². The number of thioether (sulfide) groups is 1. The Bertz CT molecular complexity index is 985. The molecule has 0 amide bonds. The van der Waals surface area contributed by atoms with Crippen LogP contribution in [0.15, 0.2) is 53.7 Å². The maximum Gasteiger partial charge on any atom is 0.220 e. The molecule has 2 aromatic carbocycles. The van der Waals surface area contributed by atoms with Crippen LogP contribution in [0.25, 0.3) is 5.69 Å². The van der Waals surface area contributed by atoms with Crippen LogP contribution in [0.3, 0.4) is 0 Å². The molecule has 0 unspecified atom stereocenters. The van der Waals surface area contributed by atoms with E-state index < -0.39 is 0 Å². The van der Waals surface area contributed by atoms with E-state index in [0.29, 0.717) is 17.7 Å². The van der Waals surface area contributed by atoms with Gasteiger partial charge in [0.05, 0.1) is 6.61 Å². The van der Waals surface area contributed by atoms with Crippen LogP contribution in [0.4, 0.5) is 0 Å². The number of aryl methyl sites for hydroxylation is 1. The number of nitrogens with zero attached hydrogens (tertiary/aromatic N) is 4. The van der Waals surface area contributed by atoms with Gasteiger partial charge in [-0.3, -0.25) is 14.7 Å². The molecule has 1 aromatic heterocycles. The summed E-state index contributed by atoms with van der Waals surface area (Å²) in [6.07, 6.45) is 0. The Morgan fingerprint density at radius 2 is 1.70 bits per heavy atom. The van der Waals surface area contributed by atoms with E-state index in [1.165, 1.54) is 17.3 Å². The van der Waals surface area contributed by atoms with Gasteiger partial charge in [-0.25, -0.2) is 0 Å². The summed E-state index contributed by atoms with van der Waals surface area (Å²) >= 11 is 1.36. The van der Waals surface area contributed by atoms with Crippen molar-refractivity contribution in [2.75, 3.05) is 13.2 Å². The van der Waals surface area contributed by atoms with E-state index in [1.807, 2.05) is 66.9 Å². The molecule has 7 nitrogen and oxygen atoms in total. The van der Waals surface area contributed by atoms with Crippen LogP contribution in [-0.2, 0) is 0 Å². The van der Waals surface area contributed by atoms with E-state index in [9.17, 15) is 10.1 Å². The lowest BCUT2D eigenvalue weighted by Crippen LogP contribution is -2.11. The van der Waals surface area contributed by atoms with Gasteiger partial charge in [0.15, 0.2) is 5.16 Å². The zero-order valence-electron chi connectivity index (χ0n) is 17.6. The molecule has 0 aliphatic rings. The van der Waals surface area contributed by atoms with E-state index in [-0.39, 0.29) is 16.7 Å². The fourth-order valence-corrected chi connectivity index (χ4v) is 4.32. The van der Waals surface area contributed by atoms with E-state index in [2.05, 4.69) is 24.0 Å². The molecule has 0 aliphatic heterocycles. The average Bonchev–Trinajstić information content (AvgIpc) is 3.08. The first-order valence-electron chi connectivity index (χ1n) is 9.92. The Balaban J connectivity index is 1.91. The van der Waals surface area contributed by atoms with E-state index in [0.717, 1.165) is 22.8 Å². The highest BCUT2D eigenvalue weighted by Gasteiger charge is 2.24. The Hall–Kier alpha value is -2.87. The molecule has 158 valence electrons. The smallest absolute Gasteiger partial charge is 0.220 e. The molecule has 0 spiro atoms. The fourth-order valence-electron chi connectivity index (χ4n) is 3.14. The Morgan fingerprint density at radius 3 is 2.27 bits per heavy atom. The SMILES string of the molecule is CCOc1ccc(-n2c(C)nnc2S[C@H](C[N+](=O)[O-])c2ccc(C(C)C)cc2)cc1. The second kappa shape index (κ2) is 9.75. The monoisotopic (exact) mass is 426 g/mol. The van der Waals surface area contributed by atoms with Crippen molar-refractivity contribution < 1.29 is 9.66 Å². The lowest BCUT2D eigenvalue weighted by Gasteiger charge is -2.15. The Labute approximate surface area is 180 Å². The second-order valence-corrected chi connectivity index (χ2v) is 8.41. The second-order valence-electron chi connectivity index (χ2n) is 7.24. The molecule has 30 heavy (non-hydrogen) atoms. The van der Waals surface area contributed by atoms with Gasteiger partial charge in [0.2, 0.25) is 6.54 Å². The predicted octanol–water partition coefficient (Wildman–Crippen LogP) is 5.21. The minimum absolute atomic E-state index is 0.194. The molecular weight excluding hydrogens is 400 g/mol. The minimum atomic E-state index is -0.369. The molecule has 0 fully saturated rings. The molecule has 0 saturated heterocycles. The van der Waals surface area contributed by atoms with E-state index >= 15 is 0 Å². The lowest BCUT2D eigenvalue weighted by atomic mass is 10.0. The molecule has 0 saturated carbocycles. The highest BCUT2D eigenvalue weighted by atomic mass is 32.2. The first kappa shape index (κ1) is 21.8. The van der Waals surface area contributed by atoms with Gasteiger partial charge in [-0.15, -0.1) is 10.2 Å². The molecular formula is C22H26N4O3S. The Kier molecular flexibility index (Phi) is 7.10. The van der Waals surface area contributed by atoms with Gasteiger partial charge in [0.1, 0.15) is 16.8 Å². The number of nitro groups is 1. The number of hydrogen-bond donors (Lipinski definition) is 0. The van der Waals surface area contributed by atoms with Crippen LogP contribution in [0.2, 0.25) is 0 Å². The molecule has 0 aliphatic carbocycles. The molecule has 0 bridgehead atoms. The summed E-state index contributed by atoms with van der Waals surface area (Å²) in [5, 5.41) is 20.1. The number of rotatable bonds is 9. The highest BCUT2D eigenvalue weighted by molar-refractivity contribution is 7.99. The van der Waals surface area contributed by atoms with Gasteiger partial charge < -0.3 is 4.74 Å². The maximum absolute atomic E-state index is 11.3. The summed E-state index contributed by atoms with van der Waals surface area (Å²) in [6.45, 7) is 8.47.